The zero-order valence-electron chi connectivity index (χ0n) is 14.2. The van der Waals surface area contributed by atoms with E-state index in [0.29, 0.717) is 29.4 Å². The van der Waals surface area contributed by atoms with Crippen molar-refractivity contribution in [3.8, 4) is 11.4 Å². The molecule has 1 N–H and O–H groups in total. The molecule has 0 amide bonds. The van der Waals surface area contributed by atoms with Crippen molar-refractivity contribution < 1.29 is 13.9 Å². The van der Waals surface area contributed by atoms with Crippen molar-refractivity contribution in [1.82, 2.24) is 19.8 Å². The number of halogens is 1. The van der Waals surface area contributed by atoms with Gasteiger partial charge >= 0.3 is 5.97 Å². The molecule has 0 aliphatic heterocycles. The zero-order valence-corrected chi connectivity index (χ0v) is 14.2. The summed E-state index contributed by atoms with van der Waals surface area (Å²) in [6.45, 7) is 3.87. The van der Waals surface area contributed by atoms with E-state index in [0.717, 1.165) is 0 Å². The Bertz CT molecular complexity index is 922. The number of carbonyl (C=O) groups excluding carboxylic acids is 1. The van der Waals surface area contributed by atoms with Gasteiger partial charge in [0.15, 0.2) is 11.5 Å². The maximum Gasteiger partial charge on any atom is 0.313 e. The number of ether oxygens (including phenoxy) is 1. The highest BCUT2D eigenvalue weighted by molar-refractivity contribution is 5.76. The summed E-state index contributed by atoms with van der Waals surface area (Å²) in [4.78, 5) is 11.8. The zero-order chi connectivity index (χ0) is 18.0. The molecule has 3 aromatic rings. The molecule has 2 heterocycles. The number of aromatic nitrogens is 4. The Labute approximate surface area is 143 Å². The summed E-state index contributed by atoms with van der Waals surface area (Å²) < 4.78 is 20.3. The average Bonchev–Trinajstić information content (AvgIpc) is 3.02. The molecule has 7 nitrogen and oxygen atoms in total. The first-order valence-corrected chi connectivity index (χ1v) is 7.72. The van der Waals surface area contributed by atoms with Crippen LogP contribution in [0.15, 0.2) is 36.4 Å². The smallest absolute Gasteiger partial charge is 0.313 e. The topological polar surface area (TPSA) is 81.4 Å². The van der Waals surface area contributed by atoms with Crippen molar-refractivity contribution in [3.05, 3.63) is 42.2 Å². The Morgan fingerprint density at radius 1 is 1.24 bits per heavy atom. The molecule has 0 aliphatic carbocycles. The number of rotatable bonds is 5. The summed E-state index contributed by atoms with van der Waals surface area (Å²) in [5, 5.41) is 15.5. The second kappa shape index (κ2) is 6.46. The Morgan fingerprint density at radius 3 is 2.72 bits per heavy atom. The van der Waals surface area contributed by atoms with Crippen LogP contribution in [0.1, 0.15) is 13.8 Å². The van der Waals surface area contributed by atoms with Gasteiger partial charge in [0, 0.05) is 6.54 Å². The van der Waals surface area contributed by atoms with Crippen LogP contribution in [0.25, 0.3) is 17.0 Å². The third kappa shape index (κ3) is 3.28. The number of methoxy groups -OCH3 is 1. The first kappa shape index (κ1) is 16.8. The molecule has 0 fully saturated rings. The van der Waals surface area contributed by atoms with E-state index in [9.17, 15) is 9.18 Å². The van der Waals surface area contributed by atoms with Crippen LogP contribution >= 0.6 is 0 Å². The van der Waals surface area contributed by atoms with Gasteiger partial charge < -0.3 is 10.1 Å². The number of anilines is 1. The number of esters is 1. The summed E-state index contributed by atoms with van der Waals surface area (Å²) in [5.41, 5.74) is 0.0954. The van der Waals surface area contributed by atoms with E-state index in [1.807, 2.05) is 0 Å². The summed E-state index contributed by atoms with van der Waals surface area (Å²) in [6.07, 6.45) is 0. The van der Waals surface area contributed by atoms with E-state index in [1.54, 1.807) is 44.2 Å². The van der Waals surface area contributed by atoms with E-state index >= 15 is 0 Å². The van der Waals surface area contributed by atoms with Crippen LogP contribution in [0.5, 0.6) is 0 Å². The summed E-state index contributed by atoms with van der Waals surface area (Å²) in [5.74, 6) is 0.104. The predicted octanol–water partition coefficient (Wildman–Crippen LogP) is 2.54. The van der Waals surface area contributed by atoms with E-state index in [2.05, 4.69) is 20.6 Å². The van der Waals surface area contributed by atoms with Gasteiger partial charge in [0.1, 0.15) is 11.6 Å². The monoisotopic (exact) mass is 343 g/mol. The highest BCUT2D eigenvalue weighted by atomic mass is 19.1. The molecule has 8 heteroatoms. The maximum atomic E-state index is 14.0. The molecule has 0 spiro atoms. The molecule has 25 heavy (non-hydrogen) atoms. The van der Waals surface area contributed by atoms with Gasteiger partial charge in [-0.25, -0.2) is 4.39 Å². The summed E-state index contributed by atoms with van der Waals surface area (Å²) in [6, 6.07) is 9.75. The van der Waals surface area contributed by atoms with Crippen LogP contribution in [0, 0.1) is 11.2 Å². The maximum absolute atomic E-state index is 14.0. The van der Waals surface area contributed by atoms with Crippen LogP contribution in [-0.2, 0) is 9.53 Å². The average molecular weight is 343 g/mol. The van der Waals surface area contributed by atoms with E-state index < -0.39 is 11.2 Å². The third-order valence-corrected chi connectivity index (χ3v) is 3.83. The minimum absolute atomic E-state index is 0.309. The van der Waals surface area contributed by atoms with Gasteiger partial charge in [-0.1, -0.05) is 12.1 Å². The normalized spacial score (nSPS) is 11.5. The Kier molecular flexibility index (Phi) is 4.35. The molecule has 0 saturated carbocycles. The van der Waals surface area contributed by atoms with Crippen molar-refractivity contribution in [1.29, 1.82) is 0 Å². The van der Waals surface area contributed by atoms with E-state index in [1.165, 1.54) is 17.7 Å². The molecule has 0 saturated heterocycles. The number of hydrogen-bond acceptors (Lipinski definition) is 6. The fourth-order valence-electron chi connectivity index (χ4n) is 2.35. The fraction of sp³-hybridized carbons (Fsp3) is 0.294. The Balaban J connectivity index is 1.91. The van der Waals surface area contributed by atoms with Crippen molar-refractivity contribution in [2.45, 2.75) is 13.8 Å². The van der Waals surface area contributed by atoms with Crippen LogP contribution in [0.4, 0.5) is 10.2 Å². The lowest BCUT2D eigenvalue weighted by atomic mass is 9.94. The molecule has 0 unspecified atom stereocenters. The molecule has 0 aliphatic rings. The molecule has 130 valence electrons. The lowest BCUT2D eigenvalue weighted by Crippen LogP contribution is -2.33. The molecule has 2 aromatic heterocycles. The predicted molar refractivity (Wildman–Crippen MR) is 90.5 cm³/mol. The summed E-state index contributed by atoms with van der Waals surface area (Å²) >= 11 is 0. The number of benzene rings is 1. The second-order valence-electron chi connectivity index (χ2n) is 6.22. The highest BCUT2D eigenvalue weighted by Gasteiger charge is 2.28. The largest absolute Gasteiger partial charge is 0.469 e. The second-order valence-corrected chi connectivity index (χ2v) is 6.22. The molecule has 1 aromatic carbocycles. The molecule has 0 radical (unpaired) electrons. The Hall–Kier alpha value is -3.03. The van der Waals surface area contributed by atoms with Gasteiger partial charge in [0.25, 0.3) is 0 Å². The van der Waals surface area contributed by atoms with Crippen molar-refractivity contribution in [3.63, 3.8) is 0 Å². The molecular formula is C17H18FN5O2. The van der Waals surface area contributed by atoms with Gasteiger partial charge in [-0.05, 0) is 38.1 Å². The first-order chi connectivity index (χ1) is 11.9. The fourth-order valence-corrected chi connectivity index (χ4v) is 2.35. The molecule has 0 bridgehead atoms. The molecule has 3 rings (SSSR count). The summed E-state index contributed by atoms with van der Waals surface area (Å²) in [7, 11) is 1.35. The SMILES string of the molecule is COC(=O)C(C)(C)CNc1ccc2nnc(-c3ccccc3F)n2n1. The quantitative estimate of drug-likeness (QED) is 0.717. The van der Waals surface area contributed by atoms with E-state index in [-0.39, 0.29) is 5.97 Å². The van der Waals surface area contributed by atoms with E-state index in [4.69, 9.17) is 4.74 Å². The van der Waals surface area contributed by atoms with Crippen LogP contribution in [-0.4, -0.2) is 39.4 Å². The Morgan fingerprint density at radius 2 is 2.00 bits per heavy atom. The minimum atomic E-state index is -0.715. The van der Waals surface area contributed by atoms with Crippen LogP contribution < -0.4 is 5.32 Å². The van der Waals surface area contributed by atoms with Crippen LogP contribution in [0.2, 0.25) is 0 Å². The number of hydrogen-bond donors (Lipinski definition) is 1. The first-order valence-electron chi connectivity index (χ1n) is 7.72. The molecular weight excluding hydrogens is 325 g/mol. The van der Waals surface area contributed by atoms with Crippen molar-refractivity contribution in [2.24, 2.45) is 5.41 Å². The van der Waals surface area contributed by atoms with Crippen LogP contribution in [0.3, 0.4) is 0 Å². The van der Waals surface area contributed by atoms with Gasteiger partial charge in [-0.3, -0.25) is 4.79 Å². The highest BCUT2D eigenvalue weighted by Crippen LogP contribution is 2.22. The number of fused-ring (bicyclic) bond motifs is 1. The number of carbonyl (C=O) groups is 1. The standard InChI is InChI=1S/C17H18FN5O2/c1-17(2,16(24)25-3)10-19-13-8-9-14-20-21-15(23(14)22-13)11-6-4-5-7-12(11)18/h4-9H,10H2,1-3H3,(H,19,22). The number of nitrogens with zero attached hydrogens (tertiary/aromatic N) is 4. The lowest BCUT2D eigenvalue weighted by molar-refractivity contribution is -0.149. The van der Waals surface area contributed by atoms with Gasteiger partial charge in [0.2, 0.25) is 0 Å². The number of nitrogens with one attached hydrogen (secondary N) is 1. The van der Waals surface area contributed by atoms with Gasteiger partial charge in [0.05, 0.1) is 18.1 Å². The third-order valence-electron chi connectivity index (χ3n) is 3.83. The van der Waals surface area contributed by atoms with Crippen molar-refractivity contribution in [2.75, 3.05) is 19.0 Å². The molecule has 0 atom stereocenters. The van der Waals surface area contributed by atoms with Gasteiger partial charge in [-0.15, -0.1) is 15.3 Å². The minimum Gasteiger partial charge on any atom is -0.469 e. The lowest BCUT2D eigenvalue weighted by Gasteiger charge is -2.21. The van der Waals surface area contributed by atoms with Gasteiger partial charge in [-0.2, -0.15) is 4.52 Å². The van der Waals surface area contributed by atoms with Crippen molar-refractivity contribution >= 4 is 17.4 Å².